The van der Waals surface area contributed by atoms with Crippen molar-refractivity contribution in [3.8, 4) is 0 Å². The van der Waals surface area contributed by atoms with E-state index in [2.05, 4.69) is 46.8 Å². The van der Waals surface area contributed by atoms with Gasteiger partial charge in [0.1, 0.15) is 0 Å². The average molecular weight is 248 g/mol. The first kappa shape index (κ1) is 14.6. The van der Waals surface area contributed by atoms with Crippen molar-refractivity contribution in [2.45, 2.75) is 46.6 Å². The summed E-state index contributed by atoms with van der Waals surface area (Å²) in [5, 5.41) is 0. The Labute approximate surface area is 110 Å². The van der Waals surface area contributed by atoms with Gasteiger partial charge in [-0.05, 0) is 41.5 Å². The van der Waals surface area contributed by atoms with Crippen molar-refractivity contribution in [2.75, 3.05) is 7.05 Å². The third kappa shape index (κ3) is 3.25. The Kier molecular flexibility index (Phi) is 4.05. The van der Waals surface area contributed by atoms with Crippen LogP contribution < -0.4 is 5.73 Å². The Balaban J connectivity index is 3.13. The Morgan fingerprint density at radius 2 is 1.67 bits per heavy atom. The summed E-state index contributed by atoms with van der Waals surface area (Å²) in [6.07, 6.45) is 0. The predicted molar refractivity (Wildman–Crippen MR) is 75.7 cm³/mol. The number of amides is 2. The standard InChI is InChI=1S/C15H24N2O/c1-10-7-12(15(3,4)5)8-11(2)13(10)9-17(6)14(16)18/h7-8H,9H2,1-6H3,(H2,16,18). The largest absolute Gasteiger partial charge is 0.351 e. The molecule has 0 aliphatic carbocycles. The number of primary amides is 1. The quantitative estimate of drug-likeness (QED) is 0.858. The number of rotatable bonds is 2. The fourth-order valence-electron chi connectivity index (χ4n) is 1.99. The summed E-state index contributed by atoms with van der Waals surface area (Å²) in [6.45, 7) is 11.4. The molecule has 0 spiro atoms. The number of hydrogen-bond donors (Lipinski definition) is 1. The zero-order chi connectivity index (χ0) is 14.1. The molecule has 0 atom stereocenters. The molecule has 0 aromatic heterocycles. The first-order valence-electron chi connectivity index (χ1n) is 6.24. The van der Waals surface area contributed by atoms with Gasteiger partial charge in [-0.15, -0.1) is 0 Å². The minimum absolute atomic E-state index is 0.142. The Morgan fingerprint density at radius 1 is 1.22 bits per heavy atom. The van der Waals surface area contributed by atoms with E-state index in [4.69, 9.17) is 5.73 Å². The smallest absolute Gasteiger partial charge is 0.314 e. The molecule has 0 radical (unpaired) electrons. The van der Waals surface area contributed by atoms with E-state index in [9.17, 15) is 4.79 Å². The highest BCUT2D eigenvalue weighted by atomic mass is 16.2. The topological polar surface area (TPSA) is 46.3 Å². The third-order valence-corrected chi connectivity index (χ3v) is 3.33. The van der Waals surface area contributed by atoms with Gasteiger partial charge in [-0.1, -0.05) is 32.9 Å². The molecular formula is C15H24N2O. The highest BCUT2D eigenvalue weighted by molar-refractivity contribution is 5.71. The van der Waals surface area contributed by atoms with E-state index in [0.29, 0.717) is 6.54 Å². The SMILES string of the molecule is Cc1cc(C(C)(C)C)cc(C)c1CN(C)C(N)=O. The van der Waals surface area contributed by atoms with E-state index in [1.807, 2.05) is 0 Å². The van der Waals surface area contributed by atoms with E-state index in [1.54, 1.807) is 7.05 Å². The van der Waals surface area contributed by atoms with E-state index < -0.39 is 6.03 Å². The molecule has 0 bridgehead atoms. The van der Waals surface area contributed by atoms with Crippen LogP contribution in [0.3, 0.4) is 0 Å². The number of benzene rings is 1. The second-order valence-electron chi connectivity index (χ2n) is 6.03. The van der Waals surface area contributed by atoms with Crippen LogP contribution in [0.25, 0.3) is 0 Å². The molecule has 2 amide bonds. The molecule has 3 heteroatoms. The predicted octanol–water partition coefficient (Wildman–Crippen LogP) is 3.11. The van der Waals surface area contributed by atoms with Crippen LogP contribution in [0, 0.1) is 13.8 Å². The minimum Gasteiger partial charge on any atom is -0.351 e. The molecule has 1 aromatic carbocycles. The molecule has 100 valence electrons. The highest BCUT2D eigenvalue weighted by Gasteiger charge is 2.17. The molecule has 0 aliphatic rings. The molecule has 2 N–H and O–H groups in total. The van der Waals surface area contributed by atoms with Crippen LogP contribution in [-0.2, 0) is 12.0 Å². The summed E-state index contributed by atoms with van der Waals surface area (Å²) < 4.78 is 0. The van der Waals surface area contributed by atoms with Gasteiger partial charge in [0, 0.05) is 13.6 Å². The van der Waals surface area contributed by atoms with Crippen molar-refractivity contribution in [1.82, 2.24) is 4.90 Å². The molecule has 0 saturated heterocycles. The van der Waals surface area contributed by atoms with Crippen LogP contribution in [-0.4, -0.2) is 18.0 Å². The zero-order valence-corrected chi connectivity index (χ0v) is 12.3. The van der Waals surface area contributed by atoms with Gasteiger partial charge in [0.05, 0.1) is 0 Å². The first-order chi connectivity index (χ1) is 8.12. The van der Waals surface area contributed by atoms with E-state index in [-0.39, 0.29) is 5.41 Å². The number of nitrogens with two attached hydrogens (primary N) is 1. The maximum Gasteiger partial charge on any atom is 0.314 e. The Bertz CT molecular complexity index is 435. The lowest BCUT2D eigenvalue weighted by molar-refractivity contribution is 0.216. The van der Waals surface area contributed by atoms with Crippen molar-refractivity contribution in [3.05, 3.63) is 34.4 Å². The Morgan fingerprint density at radius 3 is 2.00 bits per heavy atom. The summed E-state index contributed by atoms with van der Waals surface area (Å²) in [7, 11) is 1.72. The molecule has 18 heavy (non-hydrogen) atoms. The number of hydrogen-bond acceptors (Lipinski definition) is 1. The lowest BCUT2D eigenvalue weighted by atomic mass is 9.84. The van der Waals surface area contributed by atoms with Gasteiger partial charge in [0.25, 0.3) is 0 Å². The molecule has 0 fully saturated rings. The maximum absolute atomic E-state index is 11.1. The van der Waals surface area contributed by atoms with Crippen molar-refractivity contribution in [2.24, 2.45) is 5.73 Å². The molecular weight excluding hydrogens is 224 g/mol. The maximum atomic E-state index is 11.1. The zero-order valence-electron chi connectivity index (χ0n) is 12.3. The summed E-state index contributed by atoms with van der Waals surface area (Å²) in [5.74, 6) is 0. The van der Waals surface area contributed by atoms with Gasteiger partial charge >= 0.3 is 6.03 Å². The second-order valence-corrected chi connectivity index (χ2v) is 6.03. The molecule has 1 aromatic rings. The molecule has 0 unspecified atom stereocenters. The fourth-order valence-corrected chi connectivity index (χ4v) is 1.99. The summed E-state index contributed by atoms with van der Waals surface area (Å²) in [5.41, 5.74) is 10.4. The number of carbonyl (C=O) groups excluding carboxylic acids is 1. The first-order valence-corrected chi connectivity index (χ1v) is 6.24. The van der Waals surface area contributed by atoms with Gasteiger partial charge in [-0.25, -0.2) is 4.79 Å². The van der Waals surface area contributed by atoms with E-state index in [1.165, 1.54) is 27.2 Å². The fraction of sp³-hybridized carbons (Fsp3) is 0.533. The Hall–Kier alpha value is -1.51. The van der Waals surface area contributed by atoms with E-state index in [0.717, 1.165) is 0 Å². The van der Waals surface area contributed by atoms with Gasteiger partial charge in [0.15, 0.2) is 0 Å². The van der Waals surface area contributed by atoms with Gasteiger partial charge < -0.3 is 10.6 Å². The van der Waals surface area contributed by atoms with Crippen LogP contribution >= 0.6 is 0 Å². The van der Waals surface area contributed by atoms with Crippen LogP contribution in [0.2, 0.25) is 0 Å². The minimum atomic E-state index is -0.395. The number of aryl methyl sites for hydroxylation is 2. The average Bonchev–Trinajstić information content (AvgIpc) is 2.21. The molecule has 0 aliphatic heterocycles. The van der Waals surface area contributed by atoms with Gasteiger partial charge in [0.2, 0.25) is 0 Å². The second kappa shape index (κ2) is 5.01. The summed E-state index contributed by atoms with van der Waals surface area (Å²) in [6, 6.07) is 4.02. The number of urea groups is 1. The van der Waals surface area contributed by atoms with Gasteiger partial charge in [-0.2, -0.15) is 0 Å². The van der Waals surface area contributed by atoms with Crippen LogP contribution in [0.4, 0.5) is 4.79 Å². The highest BCUT2D eigenvalue weighted by Crippen LogP contribution is 2.27. The van der Waals surface area contributed by atoms with Crippen molar-refractivity contribution < 1.29 is 4.79 Å². The van der Waals surface area contributed by atoms with Crippen molar-refractivity contribution in [3.63, 3.8) is 0 Å². The summed E-state index contributed by atoms with van der Waals surface area (Å²) >= 11 is 0. The number of carbonyl (C=O) groups is 1. The molecule has 0 saturated carbocycles. The normalized spacial score (nSPS) is 11.4. The molecule has 1 rings (SSSR count). The molecule has 0 heterocycles. The lowest BCUT2D eigenvalue weighted by Crippen LogP contribution is -2.32. The van der Waals surface area contributed by atoms with Crippen LogP contribution in [0.5, 0.6) is 0 Å². The number of nitrogens with zero attached hydrogens (tertiary/aromatic N) is 1. The monoisotopic (exact) mass is 248 g/mol. The molecule has 3 nitrogen and oxygen atoms in total. The van der Waals surface area contributed by atoms with Crippen molar-refractivity contribution >= 4 is 6.03 Å². The third-order valence-electron chi connectivity index (χ3n) is 3.33. The summed E-state index contributed by atoms with van der Waals surface area (Å²) in [4.78, 5) is 12.6. The van der Waals surface area contributed by atoms with Crippen LogP contribution in [0.15, 0.2) is 12.1 Å². The lowest BCUT2D eigenvalue weighted by Gasteiger charge is -2.24. The van der Waals surface area contributed by atoms with Crippen molar-refractivity contribution in [1.29, 1.82) is 0 Å². The van der Waals surface area contributed by atoms with Gasteiger partial charge in [-0.3, -0.25) is 0 Å². The van der Waals surface area contributed by atoms with Crippen LogP contribution in [0.1, 0.15) is 43.0 Å². The van der Waals surface area contributed by atoms with E-state index >= 15 is 0 Å².